The van der Waals surface area contributed by atoms with E-state index in [0.29, 0.717) is 11.3 Å². The van der Waals surface area contributed by atoms with Crippen LogP contribution in [0.2, 0.25) is 0 Å². The second-order valence-corrected chi connectivity index (χ2v) is 9.18. The number of allylic oxidation sites excluding steroid dienone is 1. The smallest absolute Gasteiger partial charge is 0.227 e. The van der Waals surface area contributed by atoms with Crippen LogP contribution in [-0.4, -0.2) is 24.3 Å². The number of methoxy groups -OCH3 is 1. The largest absolute Gasteiger partial charge is 0.497 e. The standard InChI is InChI=1S/C26H30N2O3/c1-26(2)16-19-11-12-21(31-3)14-22(19)23(28-26)15-24(29)18-9-6-10-20(13-18)27-25(30)17-7-4-5-8-17/h6,9-15,17,28H,4-5,7-8,16H2,1-3H3,(H,27,30)/b23-15-. The molecule has 0 bridgehead atoms. The number of carbonyl (C=O) groups is 2. The summed E-state index contributed by atoms with van der Waals surface area (Å²) in [6, 6.07) is 13.2. The van der Waals surface area contributed by atoms with Crippen molar-refractivity contribution in [3.63, 3.8) is 0 Å². The first-order valence-corrected chi connectivity index (χ1v) is 11.0. The molecule has 1 aliphatic heterocycles. The molecule has 1 heterocycles. The summed E-state index contributed by atoms with van der Waals surface area (Å²) < 4.78 is 5.38. The van der Waals surface area contributed by atoms with Crippen molar-refractivity contribution < 1.29 is 14.3 Å². The van der Waals surface area contributed by atoms with E-state index in [1.807, 2.05) is 24.3 Å². The van der Waals surface area contributed by atoms with E-state index in [9.17, 15) is 9.59 Å². The predicted octanol–water partition coefficient (Wildman–Crippen LogP) is 4.97. The highest BCUT2D eigenvalue weighted by atomic mass is 16.5. The molecule has 31 heavy (non-hydrogen) atoms. The maximum atomic E-state index is 13.1. The molecule has 2 aliphatic rings. The molecule has 4 rings (SSSR count). The third-order valence-electron chi connectivity index (χ3n) is 6.13. The number of hydrogen-bond acceptors (Lipinski definition) is 4. The van der Waals surface area contributed by atoms with E-state index in [4.69, 9.17) is 4.74 Å². The van der Waals surface area contributed by atoms with Crippen LogP contribution in [0.4, 0.5) is 5.69 Å². The van der Waals surface area contributed by atoms with Crippen molar-refractivity contribution in [2.45, 2.75) is 51.5 Å². The Morgan fingerprint density at radius 3 is 2.65 bits per heavy atom. The first-order valence-electron chi connectivity index (χ1n) is 11.0. The van der Waals surface area contributed by atoms with Crippen molar-refractivity contribution in [2.24, 2.45) is 5.92 Å². The molecular weight excluding hydrogens is 388 g/mol. The van der Waals surface area contributed by atoms with Gasteiger partial charge in [0.05, 0.1) is 7.11 Å². The SMILES string of the molecule is COc1ccc2c(c1)/C(=C/C(=O)c1cccc(NC(=O)C3CCCC3)c1)NC(C)(C)C2. The highest BCUT2D eigenvalue weighted by Crippen LogP contribution is 2.32. The fourth-order valence-electron chi connectivity index (χ4n) is 4.55. The molecular formula is C26H30N2O3. The van der Waals surface area contributed by atoms with Gasteiger partial charge >= 0.3 is 0 Å². The topological polar surface area (TPSA) is 67.4 Å². The number of amides is 1. The van der Waals surface area contributed by atoms with E-state index in [1.54, 1.807) is 25.3 Å². The summed E-state index contributed by atoms with van der Waals surface area (Å²) in [5, 5.41) is 6.48. The normalized spacial score (nSPS) is 18.9. The van der Waals surface area contributed by atoms with Crippen molar-refractivity contribution in [1.82, 2.24) is 5.32 Å². The number of ether oxygens (including phenoxy) is 1. The Balaban J connectivity index is 1.59. The predicted molar refractivity (Wildman–Crippen MR) is 123 cm³/mol. The van der Waals surface area contributed by atoms with Gasteiger partial charge in [-0.05, 0) is 62.9 Å². The average molecular weight is 419 g/mol. The maximum Gasteiger partial charge on any atom is 0.227 e. The number of nitrogens with one attached hydrogen (secondary N) is 2. The van der Waals surface area contributed by atoms with Gasteiger partial charge in [-0.2, -0.15) is 0 Å². The van der Waals surface area contributed by atoms with E-state index in [-0.39, 0.29) is 23.1 Å². The number of benzene rings is 2. The van der Waals surface area contributed by atoms with Crippen LogP contribution in [0.3, 0.4) is 0 Å². The minimum Gasteiger partial charge on any atom is -0.497 e. The molecule has 1 amide bonds. The number of anilines is 1. The fourth-order valence-corrected chi connectivity index (χ4v) is 4.55. The highest BCUT2D eigenvalue weighted by molar-refractivity contribution is 6.09. The van der Waals surface area contributed by atoms with Crippen LogP contribution in [0.5, 0.6) is 5.75 Å². The summed E-state index contributed by atoms with van der Waals surface area (Å²) in [4.78, 5) is 25.6. The Labute approximate surface area is 183 Å². The fraction of sp³-hybridized carbons (Fsp3) is 0.385. The van der Waals surface area contributed by atoms with E-state index in [1.165, 1.54) is 5.56 Å². The average Bonchev–Trinajstić information content (AvgIpc) is 3.28. The van der Waals surface area contributed by atoms with Crippen LogP contribution in [-0.2, 0) is 11.2 Å². The van der Waals surface area contributed by atoms with Gasteiger partial charge in [0.1, 0.15) is 5.75 Å². The van der Waals surface area contributed by atoms with Crippen molar-refractivity contribution in [1.29, 1.82) is 0 Å². The lowest BCUT2D eigenvalue weighted by Crippen LogP contribution is -2.43. The summed E-state index contributed by atoms with van der Waals surface area (Å²) in [6.45, 7) is 4.25. The second-order valence-electron chi connectivity index (χ2n) is 9.18. The monoisotopic (exact) mass is 418 g/mol. The Morgan fingerprint density at radius 1 is 1.13 bits per heavy atom. The molecule has 0 unspecified atom stereocenters. The van der Waals surface area contributed by atoms with E-state index < -0.39 is 0 Å². The van der Waals surface area contributed by atoms with Gasteiger partial charge in [0.15, 0.2) is 5.78 Å². The lowest BCUT2D eigenvalue weighted by molar-refractivity contribution is -0.119. The number of rotatable bonds is 5. The van der Waals surface area contributed by atoms with Gasteiger partial charge < -0.3 is 15.4 Å². The molecule has 162 valence electrons. The molecule has 2 aromatic carbocycles. The summed E-state index contributed by atoms with van der Waals surface area (Å²) >= 11 is 0. The van der Waals surface area contributed by atoms with Crippen molar-refractivity contribution in [2.75, 3.05) is 12.4 Å². The van der Waals surface area contributed by atoms with Crippen LogP contribution in [0.25, 0.3) is 5.70 Å². The molecule has 1 fully saturated rings. The molecule has 2 aromatic rings. The van der Waals surface area contributed by atoms with Crippen LogP contribution in [0.15, 0.2) is 48.5 Å². The summed E-state index contributed by atoms with van der Waals surface area (Å²) in [7, 11) is 1.64. The summed E-state index contributed by atoms with van der Waals surface area (Å²) in [5.74, 6) is 0.792. The number of carbonyl (C=O) groups excluding carboxylic acids is 2. The van der Waals surface area contributed by atoms with Crippen LogP contribution < -0.4 is 15.4 Å². The molecule has 0 radical (unpaired) electrons. The van der Waals surface area contributed by atoms with E-state index >= 15 is 0 Å². The zero-order valence-electron chi connectivity index (χ0n) is 18.5. The van der Waals surface area contributed by atoms with Crippen LogP contribution in [0, 0.1) is 5.92 Å². The number of hydrogen-bond donors (Lipinski definition) is 2. The van der Waals surface area contributed by atoms with Gasteiger partial charge in [0.2, 0.25) is 5.91 Å². The quantitative estimate of drug-likeness (QED) is 0.531. The molecule has 5 nitrogen and oxygen atoms in total. The maximum absolute atomic E-state index is 13.1. The van der Waals surface area contributed by atoms with Gasteiger partial charge in [0, 0.05) is 40.0 Å². The zero-order valence-corrected chi connectivity index (χ0v) is 18.5. The molecule has 1 aliphatic carbocycles. The molecule has 0 aromatic heterocycles. The number of fused-ring (bicyclic) bond motifs is 1. The zero-order chi connectivity index (χ0) is 22.0. The number of ketones is 1. The van der Waals surface area contributed by atoms with Gasteiger partial charge in [-0.25, -0.2) is 0 Å². The van der Waals surface area contributed by atoms with Gasteiger partial charge in [-0.15, -0.1) is 0 Å². The lowest BCUT2D eigenvalue weighted by atomic mass is 9.85. The Morgan fingerprint density at radius 2 is 1.90 bits per heavy atom. The summed E-state index contributed by atoms with van der Waals surface area (Å²) in [5.41, 5.74) is 4.01. The minimum absolute atomic E-state index is 0.0529. The molecule has 5 heteroatoms. The third-order valence-corrected chi connectivity index (χ3v) is 6.13. The van der Waals surface area contributed by atoms with Gasteiger partial charge in [-0.1, -0.05) is 31.0 Å². The van der Waals surface area contributed by atoms with Gasteiger partial charge in [0.25, 0.3) is 0 Å². The summed E-state index contributed by atoms with van der Waals surface area (Å²) in [6.07, 6.45) is 6.62. The Kier molecular flexibility index (Phi) is 5.86. The molecule has 0 atom stereocenters. The Bertz CT molecular complexity index is 1030. The lowest BCUT2D eigenvalue weighted by Gasteiger charge is -2.35. The van der Waals surface area contributed by atoms with Crippen LogP contribution >= 0.6 is 0 Å². The molecule has 1 saturated carbocycles. The third kappa shape index (κ3) is 4.82. The Hall–Kier alpha value is -3.08. The van der Waals surface area contributed by atoms with Crippen molar-refractivity contribution in [3.8, 4) is 5.75 Å². The van der Waals surface area contributed by atoms with Crippen molar-refractivity contribution >= 4 is 23.1 Å². The van der Waals surface area contributed by atoms with Gasteiger partial charge in [-0.3, -0.25) is 9.59 Å². The first-order chi connectivity index (χ1) is 14.8. The van der Waals surface area contributed by atoms with Crippen LogP contribution in [0.1, 0.15) is 61.0 Å². The minimum atomic E-state index is -0.162. The molecule has 2 N–H and O–H groups in total. The second kappa shape index (κ2) is 8.58. The highest BCUT2D eigenvalue weighted by Gasteiger charge is 2.28. The van der Waals surface area contributed by atoms with Crippen molar-refractivity contribution in [3.05, 3.63) is 65.2 Å². The molecule has 0 spiro atoms. The molecule has 0 saturated heterocycles. The van der Waals surface area contributed by atoms with E-state index in [2.05, 4.69) is 30.5 Å². The first kappa shape index (κ1) is 21.2. The van der Waals surface area contributed by atoms with E-state index in [0.717, 1.165) is 49.1 Å².